The van der Waals surface area contributed by atoms with Crippen molar-refractivity contribution in [2.24, 2.45) is 5.92 Å². The van der Waals surface area contributed by atoms with Crippen LogP contribution in [0.5, 0.6) is 11.5 Å². The van der Waals surface area contributed by atoms with Crippen molar-refractivity contribution in [1.82, 2.24) is 0 Å². The van der Waals surface area contributed by atoms with Crippen molar-refractivity contribution in [1.29, 1.82) is 0 Å². The number of carbonyl (C=O) groups is 3. The van der Waals surface area contributed by atoms with Gasteiger partial charge in [-0.15, -0.1) is 0 Å². The van der Waals surface area contributed by atoms with Gasteiger partial charge in [-0.1, -0.05) is 82.7 Å². The van der Waals surface area contributed by atoms with Crippen LogP contribution in [-0.2, 0) is 14.3 Å². The van der Waals surface area contributed by atoms with E-state index in [2.05, 4.69) is 6.92 Å². The van der Waals surface area contributed by atoms with Crippen LogP contribution in [0.2, 0.25) is 5.02 Å². The molecule has 0 saturated carbocycles. The zero-order chi connectivity index (χ0) is 31.2. The molecule has 0 aliphatic rings. The van der Waals surface area contributed by atoms with Crippen LogP contribution in [0.15, 0.2) is 66.7 Å². The maximum absolute atomic E-state index is 12.7. The molecular weight excluding hydrogens is 568 g/mol. The topological polar surface area (TPSA) is 88.1 Å². The zero-order valence-electron chi connectivity index (χ0n) is 25.4. The fraction of sp³-hybridized carbons (Fsp3) is 0.400. The Balaban J connectivity index is 1.51. The third-order valence-electron chi connectivity index (χ3n) is 7.01. The first kappa shape index (κ1) is 33.7. The number of ether oxygens (including phenoxy) is 4. The highest BCUT2D eigenvalue weighted by molar-refractivity contribution is 6.32. The molecule has 0 fully saturated rings. The van der Waals surface area contributed by atoms with E-state index >= 15 is 0 Å². The maximum atomic E-state index is 12.7. The molecule has 0 aromatic heterocycles. The van der Waals surface area contributed by atoms with Crippen molar-refractivity contribution in [3.05, 3.63) is 82.9 Å². The van der Waals surface area contributed by atoms with Crippen molar-refractivity contribution in [2.75, 3.05) is 13.2 Å². The lowest BCUT2D eigenvalue weighted by molar-refractivity contribution is -0.154. The number of hydrogen-bond donors (Lipinski definition) is 0. The Morgan fingerprint density at radius 1 is 0.767 bits per heavy atom. The molecule has 3 rings (SSSR count). The second-order valence-electron chi connectivity index (χ2n) is 10.6. The molecule has 7 nitrogen and oxygen atoms in total. The molecule has 0 heterocycles. The highest BCUT2D eigenvalue weighted by Gasteiger charge is 2.21. The van der Waals surface area contributed by atoms with E-state index in [1.165, 1.54) is 50.5 Å². The Morgan fingerprint density at radius 3 is 2.05 bits per heavy atom. The van der Waals surface area contributed by atoms with E-state index < -0.39 is 24.0 Å². The summed E-state index contributed by atoms with van der Waals surface area (Å²) >= 11 is 6.46. The predicted octanol–water partition coefficient (Wildman–Crippen LogP) is 8.71. The van der Waals surface area contributed by atoms with E-state index in [-0.39, 0.29) is 23.8 Å². The van der Waals surface area contributed by atoms with Gasteiger partial charge in [0.2, 0.25) is 0 Å². The van der Waals surface area contributed by atoms with Crippen molar-refractivity contribution < 1.29 is 33.3 Å². The second kappa shape index (κ2) is 17.3. The highest BCUT2D eigenvalue weighted by Crippen LogP contribution is 2.31. The molecular formula is C35H41ClO7. The summed E-state index contributed by atoms with van der Waals surface area (Å²) in [6, 6.07) is 18.6. The van der Waals surface area contributed by atoms with Crippen LogP contribution >= 0.6 is 11.6 Å². The summed E-state index contributed by atoms with van der Waals surface area (Å²) in [6.07, 6.45) is 5.67. The summed E-state index contributed by atoms with van der Waals surface area (Å²) in [5.74, 6) is -0.660. The first-order chi connectivity index (χ1) is 20.7. The lowest BCUT2D eigenvalue weighted by Gasteiger charge is -2.15. The summed E-state index contributed by atoms with van der Waals surface area (Å²) in [6.45, 7) is 8.55. The lowest BCUT2D eigenvalue weighted by atomic mass is 10.0. The van der Waals surface area contributed by atoms with Gasteiger partial charge in [-0.05, 0) is 78.9 Å². The van der Waals surface area contributed by atoms with Gasteiger partial charge in [-0.3, -0.25) is 0 Å². The van der Waals surface area contributed by atoms with Gasteiger partial charge in [-0.2, -0.15) is 0 Å². The van der Waals surface area contributed by atoms with Crippen molar-refractivity contribution in [2.45, 2.75) is 72.3 Å². The lowest BCUT2D eigenvalue weighted by Crippen LogP contribution is -2.27. The summed E-state index contributed by atoms with van der Waals surface area (Å²) in [5.41, 5.74) is 2.38. The van der Waals surface area contributed by atoms with Crippen LogP contribution in [0.1, 0.15) is 86.9 Å². The average Bonchev–Trinajstić information content (AvgIpc) is 3.02. The number of esters is 3. The van der Waals surface area contributed by atoms with Crippen molar-refractivity contribution in [3.63, 3.8) is 0 Å². The predicted molar refractivity (Wildman–Crippen MR) is 168 cm³/mol. The van der Waals surface area contributed by atoms with E-state index in [0.717, 1.165) is 30.4 Å². The second-order valence-corrected chi connectivity index (χ2v) is 11.0. The SMILES string of the molecule is CCCCCCCOc1ccc(-c2ccc(C(=O)Oc3ccc(C(=O)OC(C)C(=O)OCC(C)CC)cc3)cc2)cc1Cl. The number of carbonyl (C=O) groups excluding carboxylic acids is 3. The zero-order valence-corrected chi connectivity index (χ0v) is 26.2. The number of halogens is 1. The van der Waals surface area contributed by atoms with Crippen molar-refractivity contribution in [3.8, 4) is 22.6 Å². The fourth-order valence-electron chi connectivity index (χ4n) is 4.05. The van der Waals surface area contributed by atoms with Crippen LogP contribution in [-0.4, -0.2) is 37.2 Å². The minimum absolute atomic E-state index is 0.216. The molecule has 0 bridgehead atoms. The molecule has 3 aromatic rings. The third-order valence-corrected chi connectivity index (χ3v) is 7.31. The van der Waals surface area contributed by atoms with Crippen molar-refractivity contribution >= 4 is 29.5 Å². The third kappa shape index (κ3) is 10.7. The van der Waals surface area contributed by atoms with Gasteiger partial charge >= 0.3 is 17.9 Å². The molecule has 0 aliphatic carbocycles. The smallest absolute Gasteiger partial charge is 0.347 e. The molecule has 3 aromatic carbocycles. The number of unbranched alkanes of at least 4 members (excludes halogenated alkanes) is 4. The molecule has 0 amide bonds. The normalized spacial score (nSPS) is 12.2. The fourth-order valence-corrected chi connectivity index (χ4v) is 4.28. The molecule has 2 atom stereocenters. The molecule has 2 unspecified atom stereocenters. The molecule has 43 heavy (non-hydrogen) atoms. The summed E-state index contributed by atoms with van der Waals surface area (Å²) in [7, 11) is 0. The molecule has 230 valence electrons. The standard InChI is InChI=1S/C35H41ClO7/c1-5-7-8-9-10-21-40-32-20-17-29(22-31(32)36)26-11-13-27(14-12-26)35(39)43-30-18-15-28(16-19-30)34(38)42-25(4)33(37)41-23-24(3)6-2/h11-20,22,24-25H,5-10,21,23H2,1-4H3. The average molecular weight is 609 g/mol. The summed E-state index contributed by atoms with van der Waals surface area (Å²) in [4.78, 5) is 37.2. The van der Waals surface area contributed by atoms with Crippen LogP contribution in [0.25, 0.3) is 11.1 Å². The van der Waals surface area contributed by atoms with E-state index in [4.69, 9.17) is 30.5 Å². The van der Waals surface area contributed by atoms with Gasteiger partial charge in [0.1, 0.15) is 11.5 Å². The summed E-state index contributed by atoms with van der Waals surface area (Å²) < 4.78 is 21.7. The highest BCUT2D eigenvalue weighted by atomic mass is 35.5. The van der Waals surface area contributed by atoms with Crippen LogP contribution in [0, 0.1) is 5.92 Å². The number of rotatable bonds is 16. The van der Waals surface area contributed by atoms with Gasteiger partial charge in [0.05, 0.1) is 29.4 Å². The molecule has 0 saturated heterocycles. The van der Waals surface area contributed by atoms with Gasteiger partial charge in [0.15, 0.2) is 6.10 Å². The Kier molecular flexibility index (Phi) is 13.6. The molecule has 0 spiro atoms. The largest absolute Gasteiger partial charge is 0.492 e. The molecule has 0 aliphatic heterocycles. The van der Waals surface area contributed by atoms with E-state index in [1.807, 2.05) is 44.2 Å². The quantitative estimate of drug-likeness (QED) is 0.0912. The number of benzene rings is 3. The summed E-state index contributed by atoms with van der Waals surface area (Å²) in [5, 5.41) is 0.540. The monoisotopic (exact) mass is 608 g/mol. The molecule has 0 N–H and O–H groups in total. The van der Waals surface area contributed by atoms with Crippen LogP contribution < -0.4 is 9.47 Å². The minimum atomic E-state index is -1.04. The Bertz CT molecular complexity index is 1340. The van der Waals surface area contributed by atoms with E-state index in [1.54, 1.807) is 12.1 Å². The maximum Gasteiger partial charge on any atom is 0.347 e. The van der Waals surface area contributed by atoms with Crippen LogP contribution in [0.3, 0.4) is 0 Å². The van der Waals surface area contributed by atoms with Crippen LogP contribution in [0.4, 0.5) is 0 Å². The first-order valence-electron chi connectivity index (χ1n) is 14.9. The van der Waals surface area contributed by atoms with Gasteiger partial charge in [0, 0.05) is 0 Å². The van der Waals surface area contributed by atoms with Gasteiger partial charge < -0.3 is 18.9 Å². The van der Waals surface area contributed by atoms with Gasteiger partial charge in [0.25, 0.3) is 0 Å². The minimum Gasteiger partial charge on any atom is -0.492 e. The number of hydrogen-bond acceptors (Lipinski definition) is 7. The van der Waals surface area contributed by atoms with Gasteiger partial charge in [-0.25, -0.2) is 14.4 Å². The first-order valence-corrected chi connectivity index (χ1v) is 15.3. The van der Waals surface area contributed by atoms with E-state index in [9.17, 15) is 14.4 Å². The molecule has 8 heteroatoms. The Labute approximate surface area is 259 Å². The van der Waals surface area contributed by atoms with E-state index in [0.29, 0.717) is 22.9 Å². The Morgan fingerprint density at radius 2 is 1.40 bits per heavy atom. The molecule has 0 radical (unpaired) electrons. The Hall–Kier alpha value is -3.84.